The molecule has 0 aromatic heterocycles. The molecule has 1 rings (SSSR count). The minimum atomic E-state index is -0.0263. The molecule has 1 saturated heterocycles. The molecule has 0 aromatic rings. The van der Waals surface area contributed by atoms with Crippen molar-refractivity contribution in [1.82, 2.24) is 4.90 Å². The van der Waals surface area contributed by atoms with Gasteiger partial charge in [0.05, 0.1) is 6.10 Å². The third kappa shape index (κ3) is 2.52. The summed E-state index contributed by atoms with van der Waals surface area (Å²) < 4.78 is 0. The van der Waals surface area contributed by atoms with E-state index in [1.165, 1.54) is 6.42 Å². The molecule has 0 spiro atoms. The van der Waals surface area contributed by atoms with Gasteiger partial charge in [-0.25, -0.2) is 0 Å². The third-order valence-electron chi connectivity index (χ3n) is 1.48. The van der Waals surface area contributed by atoms with Crippen LogP contribution < -0.4 is 0 Å². The van der Waals surface area contributed by atoms with Gasteiger partial charge in [-0.15, -0.1) is 12.4 Å². The number of aliphatic hydroxyl groups excluding tert-OH is 1. The van der Waals surface area contributed by atoms with Crippen LogP contribution in [0.2, 0.25) is 0 Å². The molecule has 1 aliphatic rings. The van der Waals surface area contributed by atoms with Crippen LogP contribution in [-0.4, -0.2) is 35.7 Å². The van der Waals surface area contributed by atoms with E-state index in [1.807, 2.05) is 0 Å². The van der Waals surface area contributed by atoms with E-state index >= 15 is 0 Å². The molecule has 1 fully saturated rings. The van der Waals surface area contributed by atoms with Gasteiger partial charge in [0, 0.05) is 13.1 Å². The minimum Gasteiger partial charge on any atom is -0.390 e. The van der Waals surface area contributed by atoms with Crippen molar-refractivity contribution >= 4 is 12.4 Å². The first-order valence-electron chi connectivity index (χ1n) is 3.23. The molecule has 0 aliphatic carbocycles. The quantitative estimate of drug-likeness (QED) is 0.621. The van der Waals surface area contributed by atoms with Crippen LogP contribution in [0.4, 0.5) is 0 Å². The number of halogens is 1. The standard InChI is InChI=1S/C6H13NO.ClH/c1-2-3-7-4-6(8)5-7;/h6,8H,2-5H2,1H3;1H. The highest BCUT2D eigenvalue weighted by molar-refractivity contribution is 5.85. The molecule has 0 unspecified atom stereocenters. The smallest absolute Gasteiger partial charge is 0.0793 e. The summed E-state index contributed by atoms with van der Waals surface area (Å²) in [6.07, 6.45) is 1.17. The Bertz CT molecular complexity index is 70.7. The van der Waals surface area contributed by atoms with Crippen molar-refractivity contribution in [2.24, 2.45) is 0 Å². The second kappa shape index (κ2) is 4.09. The van der Waals surface area contributed by atoms with Crippen LogP contribution >= 0.6 is 12.4 Å². The minimum absolute atomic E-state index is 0. The van der Waals surface area contributed by atoms with E-state index in [9.17, 15) is 0 Å². The van der Waals surface area contributed by atoms with Crippen molar-refractivity contribution in [1.29, 1.82) is 0 Å². The number of likely N-dealkylation sites (tertiary alicyclic amines) is 1. The van der Waals surface area contributed by atoms with Crippen molar-refractivity contribution in [2.75, 3.05) is 19.6 Å². The molecule has 0 atom stereocenters. The lowest BCUT2D eigenvalue weighted by Gasteiger charge is -2.35. The Morgan fingerprint density at radius 1 is 1.56 bits per heavy atom. The number of β-amino-alcohol motifs (C(OH)–C–C–N with tert-alkyl or cyclic N) is 1. The first-order valence-corrected chi connectivity index (χ1v) is 3.23. The Labute approximate surface area is 62.3 Å². The zero-order chi connectivity index (χ0) is 5.98. The van der Waals surface area contributed by atoms with Crippen molar-refractivity contribution in [2.45, 2.75) is 19.4 Å². The van der Waals surface area contributed by atoms with E-state index in [0.29, 0.717) is 0 Å². The van der Waals surface area contributed by atoms with Crippen LogP contribution in [0.15, 0.2) is 0 Å². The molecule has 1 N–H and O–H groups in total. The molecule has 1 heterocycles. The summed E-state index contributed by atoms with van der Waals surface area (Å²) in [5, 5.41) is 8.80. The van der Waals surface area contributed by atoms with Crippen molar-refractivity contribution in [3.63, 3.8) is 0 Å². The Morgan fingerprint density at radius 3 is 2.44 bits per heavy atom. The average molecular weight is 152 g/mol. The number of hydrogen-bond donors (Lipinski definition) is 1. The van der Waals surface area contributed by atoms with Gasteiger partial charge < -0.3 is 5.11 Å². The molecular weight excluding hydrogens is 138 g/mol. The number of aliphatic hydroxyl groups is 1. The van der Waals surface area contributed by atoms with Gasteiger partial charge in [0.15, 0.2) is 0 Å². The first-order chi connectivity index (χ1) is 3.83. The molecule has 0 aromatic carbocycles. The molecular formula is C6H14ClNO. The van der Waals surface area contributed by atoms with Gasteiger partial charge in [-0.2, -0.15) is 0 Å². The lowest BCUT2D eigenvalue weighted by Crippen LogP contribution is -2.50. The van der Waals surface area contributed by atoms with E-state index < -0.39 is 0 Å². The summed E-state index contributed by atoms with van der Waals surface area (Å²) in [7, 11) is 0. The Morgan fingerprint density at radius 2 is 2.11 bits per heavy atom. The van der Waals surface area contributed by atoms with Gasteiger partial charge in [-0.05, 0) is 13.0 Å². The molecule has 0 radical (unpaired) electrons. The van der Waals surface area contributed by atoms with Gasteiger partial charge >= 0.3 is 0 Å². The molecule has 56 valence electrons. The summed E-state index contributed by atoms with van der Waals surface area (Å²) >= 11 is 0. The molecule has 0 bridgehead atoms. The highest BCUT2D eigenvalue weighted by atomic mass is 35.5. The molecule has 9 heavy (non-hydrogen) atoms. The monoisotopic (exact) mass is 151 g/mol. The lowest BCUT2D eigenvalue weighted by molar-refractivity contribution is 0.00254. The highest BCUT2D eigenvalue weighted by Crippen LogP contribution is 2.06. The average Bonchev–Trinajstić information content (AvgIpc) is 1.64. The van der Waals surface area contributed by atoms with Crippen molar-refractivity contribution < 1.29 is 5.11 Å². The fourth-order valence-electron chi connectivity index (χ4n) is 1.04. The van der Waals surface area contributed by atoms with Crippen molar-refractivity contribution in [3.05, 3.63) is 0 Å². The molecule has 2 nitrogen and oxygen atoms in total. The van der Waals surface area contributed by atoms with E-state index in [4.69, 9.17) is 5.11 Å². The summed E-state index contributed by atoms with van der Waals surface area (Å²) in [6, 6.07) is 0. The zero-order valence-corrected chi connectivity index (χ0v) is 6.52. The Balaban J connectivity index is 0.000000640. The number of rotatable bonds is 2. The zero-order valence-electron chi connectivity index (χ0n) is 5.71. The highest BCUT2D eigenvalue weighted by Gasteiger charge is 2.22. The van der Waals surface area contributed by atoms with E-state index in [1.54, 1.807) is 0 Å². The number of hydrogen-bond acceptors (Lipinski definition) is 2. The Hall–Kier alpha value is 0.210. The van der Waals surface area contributed by atoms with Crippen LogP contribution in [0.1, 0.15) is 13.3 Å². The predicted molar refractivity (Wildman–Crippen MR) is 40.0 cm³/mol. The number of nitrogens with zero attached hydrogens (tertiary/aromatic N) is 1. The van der Waals surface area contributed by atoms with Crippen molar-refractivity contribution in [3.8, 4) is 0 Å². The molecule has 3 heteroatoms. The molecule has 0 saturated carbocycles. The summed E-state index contributed by atoms with van der Waals surface area (Å²) in [4.78, 5) is 2.25. The van der Waals surface area contributed by atoms with Gasteiger partial charge in [-0.3, -0.25) is 4.90 Å². The fraction of sp³-hybridized carbons (Fsp3) is 1.00. The largest absolute Gasteiger partial charge is 0.390 e. The van der Waals surface area contributed by atoms with Gasteiger partial charge in [0.25, 0.3) is 0 Å². The fourth-order valence-corrected chi connectivity index (χ4v) is 1.04. The van der Waals surface area contributed by atoms with Crippen LogP contribution in [0.5, 0.6) is 0 Å². The van der Waals surface area contributed by atoms with E-state index in [0.717, 1.165) is 19.6 Å². The second-order valence-corrected chi connectivity index (χ2v) is 2.41. The predicted octanol–water partition coefficient (Wildman–Crippen LogP) is 0.495. The summed E-state index contributed by atoms with van der Waals surface area (Å²) in [5.41, 5.74) is 0. The van der Waals surface area contributed by atoms with Crippen LogP contribution in [0.25, 0.3) is 0 Å². The van der Waals surface area contributed by atoms with Gasteiger partial charge in [0.2, 0.25) is 0 Å². The van der Waals surface area contributed by atoms with E-state index in [-0.39, 0.29) is 18.5 Å². The second-order valence-electron chi connectivity index (χ2n) is 2.41. The SMILES string of the molecule is CCCN1CC(O)C1.Cl. The normalized spacial score (nSPS) is 20.7. The maximum absolute atomic E-state index is 8.80. The Kier molecular flexibility index (Phi) is 4.19. The maximum atomic E-state index is 8.80. The molecule has 0 amide bonds. The maximum Gasteiger partial charge on any atom is 0.0793 e. The van der Waals surface area contributed by atoms with E-state index in [2.05, 4.69) is 11.8 Å². The molecule has 1 aliphatic heterocycles. The first kappa shape index (κ1) is 9.21. The van der Waals surface area contributed by atoms with Crippen LogP contribution in [-0.2, 0) is 0 Å². The van der Waals surface area contributed by atoms with Gasteiger partial charge in [-0.1, -0.05) is 6.92 Å². The third-order valence-corrected chi connectivity index (χ3v) is 1.48. The van der Waals surface area contributed by atoms with Gasteiger partial charge in [0.1, 0.15) is 0 Å². The topological polar surface area (TPSA) is 23.5 Å². The van der Waals surface area contributed by atoms with Crippen LogP contribution in [0, 0.1) is 0 Å². The summed E-state index contributed by atoms with van der Waals surface area (Å²) in [5.74, 6) is 0. The summed E-state index contributed by atoms with van der Waals surface area (Å²) in [6.45, 7) is 5.10. The van der Waals surface area contributed by atoms with Crippen LogP contribution in [0.3, 0.4) is 0 Å². The lowest BCUT2D eigenvalue weighted by atomic mass is 10.2.